The first-order valence-electron chi connectivity index (χ1n) is 8.16. The van der Waals surface area contributed by atoms with Crippen LogP contribution in [-0.2, 0) is 0 Å². The summed E-state index contributed by atoms with van der Waals surface area (Å²) < 4.78 is 0. The Bertz CT molecular complexity index is 625. The molecule has 0 saturated heterocycles. The van der Waals surface area contributed by atoms with Crippen molar-refractivity contribution in [2.24, 2.45) is 0 Å². The number of rotatable bonds is 6. The van der Waals surface area contributed by atoms with E-state index >= 15 is 0 Å². The van der Waals surface area contributed by atoms with Gasteiger partial charge in [-0.25, -0.2) is 0 Å². The van der Waals surface area contributed by atoms with E-state index in [-0.39, 0.29) is 0 Å². The molecule has 2 aliphatic rings. The van der Waals surface area contributed by atoms with Crippen molar-refractivity contribution in [2.45, 2.75) is 44.9 Å². The molecule has 0 heteroatoms. The van der Waals surface area contributed by atoms with Gasteiger partial charge < -0.3 is 0 Å². The summed E-state index contributed by atoms with van der Waals surface area (Å²) in [5.74, 6) is 0.494. The highest BCUT2D eigenvalue weighted by molar-refractivity contribution is 5.74. The number of hydrogen-bond donors (Lipinski definition) is 0. The van der Waals surface area contributed by atoms with Crippen LogP contribution in [-0.4, -0.2) is 0 Å². The summed E-state index contributed by atoms with van der Waals surface area (Å²) in [4.78, 5) is 0. The molecule has 0 spiro atoms. The Morgan fingerprint density at radius 1 is 1.24 bits per heavy atom. The van der Waals surface area contributed by atoms with Crippen molar-refractivity contribution in [2.75, 3.05) is 0 Å². The minimum atomic E-state index is 0.494. The second-order valence-corrected chi connectivity index (χ2v) is 5.99. The summed E-state index contributed by atoms with van der Waals surface area (Å²) in [7, 11) is 0. The summed E-state index contributed by atoms with van der Waals surface area (Å²) >= 11 is 0. The quantitative estimate of drug-likeness (QED) is 0.543. The zero-order chi connectivity index (χ0) is 14.7. The topological polar surface area (TPSA) is 0 Å². The fourth-order valence-corrected chi connectivity index (χ4v) is 3.55. The fourth-order valence-electron chi connectivity index (χ4n) is 3.55. The standard InChI is InChI=1S/C21H24/c1-3-5-10-16-12-8-14-18(16)21-15-17-11-6-7-13-19(17)20(21)9-4-2/h4,6-7,11-15,20H,2-3,5,8-10H2,1H3. The van der Waals surface area contributed by atoms with Gasteiger partial charge in [-0.05, 0) is 53.5 Å². The van der Waals surface area contributed by atoms with Crippen LogP contribution in [0.3, 0.4) is 0 Å². The molecule has 1 aromatic rings. The molecule has 0 radical (unpaired) electrons. The van der Waals surface area contributed by atoms with Crippen LogP contribution in [0.4, 0.5) is 0 Å². The third-order valence-electron chi connectivity index (χ3n) is 4.60. The van der Waals surface area contributed by atoms with Gasteiger partial charge in [0.1, 0.15) is 0 Å². The largest absolute Gasteiger partial charge is 0.103 e. The lowest BCUT2D eigenvalue weighted by Gasteiger charge is -2.18. The van der Waals surface area contributed by atoms with E-state index in [2.05, 4.69) is 62.1 Å². The monoisotopic (exact) mass is 276 g/mol. The Hall–Kier alpha value is -1.82. The van der Waals surface area contributed by atoms with Gasteiger partial charge >= 0.3 is 0 Å². The van der Waals surface area contributed by atoms with E-state index in [9.17, 15) is 0 Å². The van der Waals surface area contributed by atoms with Crippen LogP contribution in [0.15, 0.2) is 65.8 Å². The maximum absolute atomic E-state index is 3.97. The van der Waals surface area contributed by atoms with E-state index in [1.807, 2.05) is 0 Å². The maximum atomic E-state index is 3.97. The van der Waals surface area contributed by atoms with E-state index in [1.54, 1.807) is 5.57 Å². The molecular formula is C21H24. The van der Waals surface area contributed by atoms with Gasteiger partial charge in [0.15, 0.2) is 0 Å². The van der Waals surface area contributed by atoms with Crippen LogP contribution in [0.2, 0.25) is 0 Å². The molecule has 1 aromatic carbocycles. The van der Waals surface area contributed by atoms with E-state index in [4.69, 9.17) is 0 Å². The summed E-state index contributed by atoms with van der Waals surface area (Å²) in [6, 6.07) is 8.81. The van der Waals surface area contributed by atoms with Crippen LogP contribution < -0.4 is 0 Å². The molecule has 0 saturated carbocycles. The Kier molecular flexibility index (Phi) is 4.24. The number of unbranched alkanes of at least 4 members (excludes halogenated alkanes) is 1. The smallest absolute Gasteiger partial charge is 0.0136 e. The van der Waals surface area contributed by atoms with Gasteiger partial charge in [-0.15, -0.1) is 6.58 Å². The zero-order valence-electron chi connectivity index (χ0n) is 12.9. The Labute approximate surface area is 128 Å². The number of allylic oxidation sites excluding steroid dienone is 6. The van der Waals surface area contributed by atoms with Gasteiger partial charge in [-0.1, -0.05) is 61.9 Å². The minimum Gasteiger partial charge on any atom is -0.103 e. The van der Waals surface area contributed by atoms with Gasteiger partial charge in [0.25, 0.3) is 0 Å². The predicted molar refractivity (Wildman–Crippen MR) is 92.3 cm³/mol. The first-order chi connectivity index (χ1) is 10.3. The van der Waals surface area contributed by atoms with Crippen molar-refractivity contribution < 1.29 is 0 Å². The van der Waals surface area contributed by atoms with Gasteiger partial charge in [0, 0.05) is 5.92 Å². The normalized spacial score (nSPS) is 19.9. The molecule has 0 N–H and O–H groups in total. The molecular weight excluding hydrogens is 252 g/mol. The van der Waals surface area contributed by atoms with E-state index < -0.39 is 0 Å². The Morgan fingerprint density at radius 3 is 2.90 bits per heavy atom. The molecule has 21 heavy (non-hydrogen) atoms. The van der Waals surface area contributed by atoms with Gasteiger partial charge in [-0.2, -0.15) is 0 Å². The molecule has 2 aliphatic carbocycles. The van der Waals surface area contributed by atoms with Gasteiger partial charge in [-0.3, -0.25) is 0 Å². The highest BCUT2D eigenvalue weighted by atomic mass is 14.3. The molecule has 1 unspecified atom stereocenters. The van der Waals surface area contributed by atoms with Crippen LogP contribution in [0, 0.1) is 0 Å². The third kappa shape index (κ3) is 2.68. The Morgan fingerprint density at radius 2 is 2.10 bits per heavy atom. The molecule has 0 bridgehead atoms. The summed E-state index contributed by atoms with van der Waals surface area (Å²) in [6.07, 6.45) is 15.2. The molecule has 0 amide bonds. The summed E-state index contributed by atoms with van der Waals surface area (Å²) in [5.41, 5.74) is 7.43. The third-order valence-corrected chi connectivity index (χ3v) is 4.60. The first-order valence-corrected chi connectivity index (χ1v) is 8.16. The van der Waals surface area contributed by atoms with Crippen molar-refractivity contribution in [3.05, 3.63) is 76.9 Å². The average Bonchev–Trinajstić information content (AvgIpc) is 3.10. The van der Waals surface area contributed by atoms with Crippen LogP contribution in [0.1, 0.15) is 56.1 Å². The van der Waals surface area contributed by atoms with Crippen molar-refractivity contribution in [1.82, 2.24) is 0 Å². The SMILES string of the molecule is C=CCC1C(C2=CCC=C2CCCC)=Cc2ccccc21. The highest BCUT2D eigenvalue weighted by Crippen LogP contribution is 2.45. The lowest BCUT2D eigenvalue weighted by molar-refractivity contribution is 0.783. The molecule has 1 atom stereocenters. The highest BCUT2D eigenvalue weighted by Gasteiger charge is 2.28. The van der Waals surface area contributed by atoms with Gasteiger partial charge in [0.2, 0.25) is 0 Å². The van der Waals surface area contributed by atoms with Crippen molar-refractivity contribution in [3.63, 3.8) is 0 Å². The molecule has 0 fully saturated rings. The molecule has 0 aromatic heterocycles. The number of benzene rings is 1. The molecule has 3 rings (SSSR count). The predicted octanol–water partition coefficient (Wildman–Crippen LogP) is 6.19. The second kappa shape index (κ2) is 6.30. The number of fused-ring (bicyclic) bond motifs is 1. The Balaban J connectivity index is 1.92. The van der Waals surface area contributed by atoms with Crippen molar-refractivity contribution in [1.29, 1.82) is 0 Å². The average molecular weight is 276 g/mol. The maximum Gasteiger partial charge on any atom is 0.0136 e. The molecule has 0 nitrogen and oxygen atoms in total. The van der Waals surface area contributed by atoms with Crippen LogP contribution in [0.25, 0.3) is 6.08 Å². The second-order valence-electron chi connectivity index (χ2n) is 5.99. The van der Waals surface area contributed by atoms with E-state index in [1.165, 1.54) is 41.5 Å². The first kappa shape index (κ1) is 14.1. The van der Waals surface area contributed by atoms with Crippen LogP contribution in [0.5, 0.6) is 0 Å². The van der Waals surface area contributed by atoms with Gasteiger partial charge in [0.05, 0.1) is 0 Å². The summed E-state index contributed by atoms with van der Waals surface area (Å²) in [5, 5.41) is 0. The van der Waals surface area contributed by atoms with Crippen molar-refractivity contribution >= 4 is 6.08 Å². The molecule has 108 valence electrons. The summed E-state index contributed by atoms with van der Waals surface area (Å²) in [6.45, 7) is 6.23. The zero-order valence-corrected chi connectivity index (χ0v) is 12.9. The number of hydrogen-bond acceptors (Lipinski definition) is 0. The lowest BCUT2D eigenvalue weighted by atomic mass is 9.85. The van der Waals surface area contributed by atoms with Crippen molar-refractivity contribution in [3.8, 4) is 0 Å². The molecule has 0 aliphatic heterocycles. The van der Waals surface area contributed by atoms with Crippen LogP contribution >= 0.6 is 0 Å². The fraction of sp³-hybridized carbons (Fsp3) is 0.333. The van der Waals surface area contributed by atoms with E-state index in [0.717, 1.165) is 12.8 Å². The minimum absolute atomic E-state index is 0.494. The molecule has 0 heterocycles. The van der Waals surface area contributed by atoms with E-state index in [0.29, 0.717) is 5.92 Å². The lowest BCUT2D eigenvalue weighted by Crippen LogP contribution is -2.01.